The van der Waals surface area contributed by atoms with Crippen LogP contribution in [0.4, 0.5) is 0 Å². The molecule has 0 saturated carbocycles. The van der Waals surface area contributed by atoms with Gasteiger partial charge in [0.05, 0.1) is 18.8 Å². The van der Waals surface area contributed by atoms with Gasteiger partial charge < -0.3 is 14.2 Å². The Hall–Kier alpha value is -3.27. The van der Waals surface area contributed by atoms with Gasteiger partial charge in [-0.15, -0.1) is 0 Å². The Labute approximate surface area is 235 Å². The van der Waals surface area contributed by atoms with Gasteiger partial charge >= 0.3 is 5.97 Å². The van der Waals surface area contributed by atoms with E-state index in [1.54, 1.807) is 12.1 Å². The summed E-state index contributed by atoms with van der Waals surface area (Å²) in [4.78, 5) is 12.6. The molecule has 0 aliphatic carbocycles. The molecule has 0 heterocycles. The molecule has 4 nitrogen and oxygen atoms in total. The molecule has 0 bridgehead atoms. The highest BCUT2D eigenvalue weighted by atomic mass is 16.5. The first-order valence-electron chi connectivity index (χ1n) is 15.0. The first-order chi connectivity index (χ1) is 19.2. The second-order valence-corrected chi connectivity index (χ2v) is 10.2. The van der Waals surface area contributed by atoms with Crippen molar-refractivity contribution >= 4 is 5.97 Å². The molecule has 0 fully saturated rings. The van der Waals surface area contributed by atoms with Gasteiger partial charge in [-0.2, -0.15) is 0 Å². The minimum atomic E-state index is -0.378. The predicted octanol–water partition coefficient (Wildman–Crippen LogP) is 10.1. The molecule has 0 saturated heterocycles. The van der Waals surface area contributed by atoms with Gasteiger partial charge in [0.1, 0.15) is 17.2 Å². The summed E-state index contributed by atoms with van der Waals surface area (Å²) < 4.78 is 17.3. The molecule has 0 N–H and O–H groups in total. The number of esters is 1. The molecule has 4 heteroatoms. The first-order valence-corrected chi connectivity index (χ1v) is 15.0. The van der Waals surface area contributed by atoms with Crippen LogP contribution in [0.1, 0.15) is 101 Å². The van der Waals surface area contributed by atoms with Crippen molar-refractivity contribution in [1.82, 2.24) is 0 Å². The van der Waals surface area contributed by atoms with Gasteiger partial charge in [0, 0.05) is 0 Å². The summed E-state index contributed by atoms with van der Waals surface area (Å²) in [7, 11) is 0. The zero-order valence-corrected chi connectivity index (χ0v) is 24.0. The van der Waals surface area contributed by atoms with E-state index < -0.39 is 0 Å². The first kappa shape index (κ1) is 30.3. The van der Waals surface area contributed by atoms with Crippen molar-refractivity contribution in [3.8, 4) is 28.4 Å². The van der Waals surface area contributed by atoms with E-state index >= 15 is 0 Å². The molecule has 0 amide bonds. The van der Waals surface area contributed by atoms with Crippen molar-refractivity contribution in [2.24, 2.45) is 0 Å². The maximum atomic E-state index is 12.6. The molecule has 210 valence electrons. The van der Waals surface area contributed by atoms with Crippen LogP contribution in [0.5, 0.6) is 17.2 Å². The molecule has 3 aromatic carbocycles. The van der Waals surface area contributed by atoms with E-state index in [0.29, 0.717) is 17.9 Å². The molecular weight excluding hydrogens is 484 g/mol. The van der Waals surface area contributed by atoms with Crippen LogP contribution in [-0.4, -0.2) is 19.2 Å². The van der Waals surface area contributed by atoms with Crippen molar-refractivity contribution in [3.63, 3.8) is 0 Å². The lowest BCUT2D eigenvalue weighted by Gasteiger charge is -2.09. The molecule has 0 radical (unpaired) electrons. The summed E-state index contributed by atoms with van der Waals surface area (Å²) in [5, 5.41) is 0. The number of benzene rings is 3. The predicted molar refractivity (Wildman–Crippen MR) is 161 cm³/mol. The van der Waals surface area contributed by atoms with Crippen LogP contribution in [0.2, 0.25) is 0 Å². The van der Waals surface area contributed by atoms with Gasteiger partial charge in [0.2, 0.25) is 0 Å². The Balaban J connectivity index is 1.39. The van der Waals surface area contributed by atoms with Crippen LogP contribution in [0.3, 0.4) is 0 Å². The Bertz CT molecular complexity index is 1060. The zero-order chi connectivity index (χ0) is 27.5. The minimum absolute atomic E-state index is 0.378. The van der Waals surface area contributed by atoms with E-state index in [-0.39, 0.29) is 5.97 Å². The van der Waals surface area contributed by atoms with E-state index in [1.165, 1.54) is 64.2 Å². The van der Waals surface area contributed by atoms with Crippen molar-refractivity contribution < 1.29 is 19.0 Å². The summed E-state index contributed by atoms with van der Waals surface area (Å²) in [6.45, 7) is 5.93. The van der Waals surface area contributed by atoms with Crippen LogP contribution in [0.25, 0.3) is 11.1 Å². The minimum Gasteiger partial charge on any atom is -0.494 e. The monoisotopic (exact) mass is 530 g/mol. The average molecular weight is 531 g/mol. The molecule has 0 spiro atoms. The van der Waals surface area contributed by atoms with E-state index in [2.05, 4.69) is 26.0 Å². The fraction of sp³-hybridized carbons (Fsp3) is 0.457. The zero-order valence-electron chi connectivity index (χ0n) is 24.0. The number of carbonyl (C=O) groups excluding carboxylic acids is 1. The Morgan fingerprint density at radius 1 is 0.487 bits per heavy atom. The maximum absolute atomic E-state index is 12.6. The standard InChI is InChI=1S/C35H46O4/c1-3-5-7-9-10-12-14-28-37-32-21-15-29(16-22-32)30-17-25-34(26-18-30)39-35(36)31-19-23-33(24-20-31)38-27-13-11-8-6-4-2/h15-26H,3-14,27-28H2,1-2H3. The van der Waals surface area contributed by atoms with Gasteiger partial charge in [-0.05, 0) is 72.5 Å². The van der Waals surface area contributed by atoms with Crippen LogP contribution in [0.15, 0.2) is 72.8 Å². The molecule has 39 heavy (non-hydrogen) atoms. The number of unbranched alkanes of at least 4 members (excludes halogenated alkanes) is 10. The third-order valence-corrected chi connectivity index (χ3v) is 6.88. The van der Waals surface area contributed by atoms with Crippen molar-refractivity contribution in [2.75, 3.05) is 13.2 Å². The van der Waals surface area contributed by atoms with Crippen molar-refractivity contribution in [3.05, 3.63) is 78.4 Å². The van der Waals surface area contributed by atoms with E-state index in [9.17, 15) is 4.79 Å². The molecule has 0 unspecified atom stereocenters. The van der Waals surface area contributed by atoms with Crippen molar-refractivity contribution in [2.45, 2.75) is 90.9 Å². The highest BCUT2D eigenvalue weighted by molar-refractivity contribution is 5.91. The van der Waals surface area contributed by atoms with Gasteiger partial charge in [-0.25, -0.2) is 4.79 Å². The summed E-state index contributed by atoms with van der Waals surface area (Å²) in [5.41, 5.74) is 2.66. The molecule has 0 aliphatic rings. The number of rotatable bonds is 19. The largest absolute Gasteiger partial charge is 0.494 e. The summed E-state index contributed by atoms with van der Waals surface area (Å²) in [6.07, 6.45) is 15.0. The number of hydrogen-bond acceptors (Lipinski definition) is 4. The maximum Gasteiger partial charge on any atom is 0.343 e. The van der Waals surface area contributed by atoms with E-state index in [4.69, 9.17) is 14.2 Å². The lowest BCUT2D eigenvalue weighted by Crippen LogP contribution is -2.08. The average Bonchev–Trinajstić information content (AvgIpc) is 2.97. The normalized spacial score (nSPS) is 10.8. The molecule has 0 aromatic heterocycles. The molecule has 3 aromatic rings. The second-order valence-electron chi connectivity index (χ2n) is 10.2. The number of carbonyl (C=O) groups is 1. The number of hydrogen-bond donors (Lipinski definition) is 0. The highest BCUT2D eigenvalue weighted by Gasteiger charge is 2.09. The molecule has 0 aliphatic heterocycles. The third kappa shape index (κ3) is 11.6. The van der Waals surface area contributed by atoms with Gasteiger partial charge in [-0.1, -0.05) is 102 Å². The smallest absolute Gasteiger partial charge is 0.343 e. The molecular formula is C35H46O4. The van der Waals surface area contributed by atoms with Gasteiger partial charge in [-0.3, -0.25) is 0 Å². The van der Waals surface area contributed by atoms with Crippen molar-refractivity contribution in [1.29, 1.82) is 0 Å². The Morgan fingerprint density at radius 2 is 0.872 bits per heavy atom. The third-order valence-electron chi connectivity index (χ3n) is 6.88. The SMILES string of the molecule is CCCCCCCCCOc1ccc(-c2ccc(OC(=O)c3ccc(OCCCCCCC)cc3)cc2)cc1. The summed E-state index contributed by atoms with van der Waals surface area (Å²) >= 11 is 0. The van der Waals surface area contributed by atoms with Crippen LogP contribution >= 0.6 is 0 Å². The number of ether oxygens (including phenoxy) is 3. The fourth-order valence-electron chi connectivity index (χ4n) is 4.46. The Morgan fingerprint density at radius 3 is 1.33 bits per heavy atom. The molecule has 0 atom stereocenters. The van der Waals surface area contributed by atoms with Crippen LogP contribution in [-0.2, 0) is 0 Å². The topological polar surface area (TPSA) is 44.8 Å². The van der Waals surface area contributed by atoms with E-state index in [1.807, 2.05) is 48.5 Å². The fourth-order valence-corrected chi connectivity index (χ4v) is 4.46. The second kappa shape index (κ2) is 18.1. The quantitative estimate of drug-likeness (QED) is 0.0878. The summed E-state index contributed by atoms with van der Waals surface area (Å²) in [6, 6.07) is 22.9. The van der Waals surface area contributed by atoms with Crippen LogP contribution in [0, 0.1) is 0 Å². The van der Waals surface area contributed by atoms with E-state index in [0.717, 1.165) is 42.1 Å². The molecule has 3 rings (SSSR count). The van der Waals surface area contributed by atoms with Gasteiger partial charge in [0.15, 0.2) is 0 Å². The van der Waals surface area contributed by atoms with Gasteiger partial charge in [0.25, 0.3) is 0 Å². The lowest BCUT2D eigenvalue weighted by molar-refractivity contribution is 0.0734. The Kier molecular flexibility index (Phi) is 14.0. The lowest BCUT2D eigenvalue weighted by atomic mass is 10.1. The van der Waals surface area contributed by atoms with Crippen LogP contribution < -0.4 is 14.2 Å². The summed E-state index contributed by atoms with van der Waals surface area (Å²) in [5.74, 6) is 1.82. The highest BCUT2D eigenvalue weighted by Crippen LogP contribution is 2.25.